The highest BCUT2D eigenvalue weighted by molar-refractivity contribution is 8.00. The number of ether oxygens (including phenoxy) is 1. The van der Waals surface area contributed by atoms with Crippen molar-refractivity contribution in [3.63, 3.8) is 0 Å². The fourth-order valence-corrected chi connectivity index (χ4v) is 7.01. The van der Waals surface area contributed by atoms with E-state index in [1.807, 2.05) is 41.5 Å². The lowest BCUT2D eigenvalue weighted by Gasteiger charge is -2.05. The fraction of sp³-hybridized carbons (Fsp3) is 0.920. The van der Waals surface area contributed by atoms with Crippen molar-refractivity contribution in [2.24, 2.45) is 124 Å². The predicted molar refractivity (Wildman–Crippen MR) is 508 cm³/mol. The molecule has 680 valence electrons. The first kappa shape index (κ1) is 140. The van der Waals surface area contributed by atoms with Crippen molar-refractivity contribution in [3.8, 4) is 0 Å². The maximum atomic E-state index is 11.4. The third kappa shape index (κ3) is 226. The van der Waals surface area contributed by atoms with Gasteiger partial charge in [-0.05, 0) is 217 Å². The number of carbonyl (C=O) groups excluding carboxylic acids is 1. The summed E-state index contributed by atoms with van der Waals surface area (Å²) in [5.41, 5.74) is 6.67. The first-order chi connectivity index (χ1) is 50.3. The van der Waals surface area contributed by atoms with E-state index in [1.165, 1.54) is 95.5 Å². The Labute approximate surface area is 697 Å². The van der Waals surface area contributed by atoms with Crippen LogP contribution in [0, 0.1) is 118 Å². The lowest BCUT2D eigenvalue weighted by molar-refractivity contribution is -0.119. The summed E-state index contributed by atoms with van der Waals surface area (Å²) in [6.07, 6.45) is 23.5. The molecule has 2 aliphatic carbocycles. The second-order valence-electron chi connectivity index (χ2n) is 38.6. The minimum absolute atomic E-state index is 0.0278. The summed E-state index contributed by atoms with van der Waals surface area (Å²) in [7, 11) is -0.00227. The summed E-state index contributed by atoms with van der Waals surface area (Å²) in [6, 6.07) is 10.6. The number of alkyl halides is 4. The van der Waals surface area contributed by atoms with Crippen LogP contribution in [0.5, 0.6) is 0 Å². The highest BCUT2D eigenvalue weighted by Crippen LogP contribution is 2.36. The van der Waals surface area contributed by atoms with Crippen LogP contribution in [-0.4, -0.2) is 79.1 Å². The molecule has 3 N–H and O–H groups in total. The Bertz CT molecular complexity index is 1690. The van der Waals surface area contributed by atoms with Crippen LogP contribution in [-0.2, 0) is 25.5 Å². The lowest BCUT2D eigenvalue weighted by Crippen LogP contribution is -2.09. The zero-order valence-electron chi connectivity index (χ0n) is 84.1. The number of methoxy groups -OCH3 is 1. The molecule has 0 aromatic heterocycles. The molecule has 2 aliphatic rings. The molecule has 1 unspecified atom stereocenters. The molecule has 0 bridgehead atoms. The second kappa shape index (κ2) is 106. The third-order valence-electron chi connectivity index (χ3n) is 16.1. The number of carbonyl (C=O) groups is 1. The fourth-order valence-electron chi connectivity index (χ4n) is 7.01. The highest BCUT2D eigenvalue weighted by Gasteiger charge is 2.24. The summed E-state index contributed by atoms with van der Waals surface area (Å²) < 4.78 is 60.8. The average molecular weight is 1610 g/mol. The molecular formula is C100H217F4NO4S. The van der Waals surface area contributed by atoms with Crippen LogP contribution in [0.15, 0.2) is 30.3 Å². The van der Waals surface area contributed by atoms with Crippen molar-refractivity contribution >= 4 is 21.2 Å². The molecule has 110 heavy (non-hydrogen) atoms. The van der Waals surface area contributed by atoms with Crippen molar-refractivity contribution in [1.82, 2.24) is 0 Å². The van der Waals surface area contributed by atoms with Crippen molar-refractivity contribution in [2.75, 3.05) is 46.5 Å². The van der Waals surface area contributed by atoms with E-state index in [9.17, 15) is 26.6 Å². The number of halogens is 4. The number of hydrogen-bond acceptors (Lipinski definition) is 5. The van der Waals surface area contributed by atoms with Gasteiger partial charge in [-0.1, -0.05) is 372 Å². The van der Waals surface area contributed by atoms with E-state index in [1.54, 1.807) is 34.1 Å². The molecule has 1 atom stereocenters. The van der Waals surface area contributed by atoms with Crippen LogP contribution in [0.3, 0.4) is 0 Å². The van der Waals surface area contributed by atoms with E-state index in [0.717, 1.165) is 128 Å². The highest BCUT2D eigenvalue weighted by atomic mass is 32.2. The summed E-state index contributed by atoms with van der Waals surface area (Å²) in [4.78, 5) is 10.1. The molecule has 0 saturated heterocycles. The smallest absolute Gasteiger partial charge is 0.238 e. The van der Waals surface area contributed by atoms with Gasteiger partial charge in [-0.3, -0.25) is 17.8 Å². The van der Waals surface area contributed by atoms with E-state index in [2.05, 4.69) is 272 Å². The zero-order valence-corrected chi connectivity index (χ0v) is 85.0. The van der Waals surface area contributed by atoms with E-state index >= 15 is 0 Å². The molecule has 0 radical (unpaired) electrons. The SMILES string of the molecule is C=S(C)(=O)C(C)C.CC(=O)C(C)C.CC(C)C.CC(C)C(C)C.CC(C)C1CC1.CC(C)CC(C)C.CC(C)CC(F)F.CC(C)CC1CC1.CC(C)CCCF.CC(C)CCF.CC(C)CCN.CC(C)CCO.CC(C)Cc1ccccc1.CCC(C)C.CCCC(C)C.CCCCC(C)C.COCCC(C)C. The number of aliphatic hydroxyl groups is 1. The molecule has 3 rings (SSSR count). The monoisotopic (exact) mass is 1600 g/mol. The summed E-state index contributed by atoms with van der Waals surface area (Å²) in [5.74, 6) is 19.3. The maximum absolute atomic E-state index is 11.4. The molecule has 0 heterocycles. The summed E-state index contributed by atoms with van der Waals surface area (Å²) in [6.45, 7) is 94.1. The van der Waals surface area contributed by atoms with Gasteiger partial charge < -0.3 is 15.6 Å². The number of Topliss-reactive ketones (excluding diaryl/α,β-unsaturated/α-hetero) is 1. The van der Waals surface area contributed by atoms with E-state index in [-0.39, 0.29) is 42.6 Å². The van der Waals surface area contributed by atoms with Crippen molar-refractivity contribution in [2.45, 2.75) is 438 Å². The van der Waals surface area contributed by atoms with Crippen molar-refractivity contribution in [1.29, 1.82) is 0 Å². The van der Waals surface area contributed by atoms with Crippen LogP contribution >= 0.6 is 0 Å². The lowest BCUT2D eigenvalue weighted by atomic mass is 10.0. The van der Waals surface area contributed by atoms with Crippen molar-refractivity contribution in [3.05, 3.63) is 35.9 Å². The van der Waals surface area contributed by atoms with Gasteiger partial charge in [0.2, 0.25) is 6.43 Å². The molecule has 1 aromatic rings. The van der Waals surface area contributed by atoms with Gasteiger partial charge in [-0.15, -0.1) is 0 Å². The number of aliphatic hydroxyl groups excluding tert-OH is 1. The van der Waals surface area contributed by atoms with Gasteiger partial charge in [0.1, 0.15) is 5.78 Å². The molecule has 0 aliphatic heterocycles. The van der Waals surface area contributed by atoms with Crippen LogP contribution in [0.4, 0.5) is 17.6 Å². The number of benzene rings is 1. The number of nitrogens with two attached hydrogens (primary N) is 1. The van der Waals surface area contributed by atoms with E-state index in [4.69, 9.17) is 15.6 Å². The van der Waals surface area contributed by atoms with Gasteiger partial charge in [0, 0.05) is 44.2 Å². The summed E-state index contributed by atoms with van der Waals surface area (Å²) >= 11 is 0. The molecular weight excluding hydrogens is 1390 g/mol. The van der Waals surface area contributed by atoms with Gasteiger partial charge in [0.25, 0.3) is 0 Å². The van der Waals surface area contributed by atoms with Crippen LogP contribution < -0.4 is 5.73 Å². The van der Waals surface area contributed by atoms with Crippen LogP contribution in [0.1, 0.15) is 425 Å². The van der Waals surface area contributed by atoms with E-state index < -0.39 is 15.9 Å². The van der Waals surface area contributed by atoms with Crippen molar-refractivity contribution < 1.29 is 36.4 Å². The molecule has 10 heteroatoms. The Kier molecular flexibility index (Phi) is 135. The minimum atomic E-state index is -2.12. The van der Waals surface area contributed by atoms with Gasteiger partial charge in [-0.25, -0.2) is 8.78 Å². The predicted octanol–water partition coefficient (Wildman–Crippen LogP) is 33.7. The zero-order chi connectivity index (χ0) is 90.3. The molecule has 2 fully saturated rings. The standard InChI is InChI=1S/C10H14.C7H14.2C7H16.C6H13F.C6H14O.C6H12.2C6H14.C5H10F2.C5H11F.C5H13N.C5H12OS.C5H12O.C5H10O.C5H12.C4H10/c1-9(2)8-10-6-4-3-5-7-10;1-6(2)5-7-3-4-7;1-6(2)5-7(3)4;1-4-5-6-7(2)3;1-6(2)4-3-5-7;1-6(2)4-5-7-3;1-5(2)6-3-4-6;1-5(2)6(3)4;1-4-5-6(2)3;1-4(2)3-5(6)7;2*1-5(2)3-4-6;1-5(2)7(3,4)6;1-5(2)3-4-6;1-4(2)5(3)6;1-4-5(2)3;1-4(2)3/h3-7,9H,8H2,1-2H3;6-7H,3-5H2,1-2H3;6-7H,5H2,1-4H3;7H,4-6H2,1-3H3;6H,3-5H2,1-2H3;6H,4-5H2,1-3H3;5-6H,3-4H2,1-2H3;5-6H,1-4H3;6H,4-5H2,1-3H3;4-5H,3H2,1-2H3;5H,3-4H2,1-2H3;5H,3-4,6H2,1-2H3;5H,3H2,1-2,4H3;5-6H,3-4H2,1-2H3;4H,1-3H3;5H,4H2,1-3H3;4H,1-3H3. The van der Waals surface area contributed by atoms with Crippen LogP contribution in [0.2, 0.25) is 0 Å². The van der Waals surface area contributed by atoms with Gasteiger partial charge >= 0.3 is 0 Å². The largest absolute Gasteiger partial charge is 0.396 e. The summed E-state index contributed by atoms with van der Waals surface area (Å²) in [5, 5.41) is 8.45. The van der Waals surface area contributed by atoms with Gasteiger partial charge in [0.05, 0.1) is 13.3 Å². The Morgan fingerprint density at radius 2 is 0.836 bits per heavy atom. The number of unbranched alkanes of at least 4 members (excludes halogenated alkanes) is 1. The molecule has 1 aromatic carbocycles. The second-order valence-corrected chi connectivity index (χ2v) is 41.6. The molecule has 2 saturated carbocycles. The molecule has 0 amide bonds. The number of ketones is 1. The maximum Gasteiger partial charge on any atom is 0.238 e. The van der Waals surface area contributed by atoms with Gasteiger partial charge in [0.15, 0.2) is 0 Å². The number of hydrogen-bond donors (Lipinski definition) is 2. The minimum Gasteiger partial charge on any atom is -0.396 e. The first-order valence-corrected chi connectivity index (χ1v) is 47.5. The quantitative estimate of drug-likeness (QED) is 0.0592. The third-order valence-corrected chi connectivity index (χ3v) is 18.1. The topological polar surface area (TPSA) is 89.6 Å². The Morgan fingerprint density at radius 3 is 0.918 bits per heavy atom. The molecule has 5 nitrogen and oxygen atoms in total. The van der Waals surface area contributed by atoms with E-state index in [0.29, 0.717) is 30.8 Å². The van der Waals surface area contributed by atoms with Crippen LogP contribution in [0.25, 0.3) is 0 Å². The Morgan fingerprint density at radius 1 is 0.491 bits per heavy atom. The average Bonchev–Trinajstić information content (AvgIpc) is 1.78. The van der Waals surface area contributed by atoms with Gasteiger partial charge in [-0.2, -0.15) is 0 Å². The number of rotatable bonds is 30. The first-order valence-electron chi connectivity index (χ1n) is 45.3. The molecule has 0 spiro atoms. The Hall–Kier alpha value is -1.49. The Balaban J connectivity index is -0.0000000744. The normalized spacial score (nSPS) is 12.2.